The molecule has 2 aliphatic heterocycles. The van der Waals surface area contributed by atoms with Gasteiger partial charge in [0.1, 0.15) is 5.82 Å². The lowest BCUT2D eigenvalue weighted by Gasteiger charge is -2.39. The van der Waals surface area contributed by atoms with Gasteiger partial charge in [0.05, 0.1) is 0 Å². The fourth-order valence-electron chi connectivity index (χ4n) is 5.58. The Balaban J connectivity index is 1.32. The smallest absolute Gasteiger partial charge is 0.258 e. The first-order valence-corrected chi connectivity index (χ1v) is 12.9. The van der Waals surface area contributed by atoms with Gasteiger partial charge >= 0.3 is 0 Å². The number of nitrogens with zero attached hydrogens (tertiary/aromatic N) is 2. The van der Waals surface area contributed by atoms with E-state index in [0.29, 0.717) is 12.1 Å². The highest BCUT2D eigenvalue weighted by Crippen LogP contribution is 2.47. The molecule has 0 atom stereocenters. The molecule has 186 valence electrons. The molecule has 0 unspecified atom stereocenters. The molecule has 2 heterocycles. The minimum Gasteiger partial charge on any atom is -0.307 e. The SMILES string of the molecule is CC(C)(C)c1ccc(C(=O)N2CC3(CCN(CC=Cc4ccccc4)CC3)c3cc(F)ccc32)cc1. The fraction of sp³-hybridized carbons (Fsp3) is 0.344. The Morgan fingerprint density at radius 1 is 0.972 bits per heavy atom. The van der Waals surface area contributed by atoms with E-state index in [9.17, 15) is 9.18 Å². The van der Waals surface area contributed by atoms with Gasteiger partial charge in [-0.15, -0.1) is 0 Å². The molecule has 0 saturated carbocycles. The van der Waals surface area contributed by atoms with Crippen molar-refractivity contribution < 1.29 is 9.18 Å². The average molecular weight is 483 g/mol. The minimum absolute atomic E-state index is 0.00610. The third-order valence-electron chi connectivity index (χ3n) is 7.81. The number of benzene rings is 3. The van der Waals surface area contributed by atoms with E-state index in [-0.39, 0.29) is 22.6 Å². The van der Waals surface area contributed by atoms with Crippen molar-refractivity contribution in [1.82, 2.24) is 4.90 Å². The van der Waals surface area contributed by atoms with Crippen LogP contribution in [0.1, 0.15) is 60.7 Å². The van der Waals surface area contributed by atoms with E-state index >= 15 is 0 Å². The van der Waals surface area contributed by atoms with Gasteiger partial charge in [0.2, 0.25) is 0 Å². The molecule has 1 fully saturated rings. The number of anilines is 1. The number of rotatable bonds is 4. The van der Waals surface area contributed by atoms with Gasteiger partial charge in [-0.1, -0.05) is 75.4 Å². The molecular weight excluding hydrogens is 447 g/mol. The first-order valence-electron chi connectivity index (χ1n) is 12.9. The molecule has 3 aromatic rings. The number of fused-ring (bicyclic) bond motifs is 2. The maximum atomic E-state index is 14.4. The first-order chi connectivity index (χ1) is 17.2. The van der Waals surface area contributed by atoms with Crippen LogP contribution in [0.5, 0.6) is 0 Å². The van der Waals surface area contributed by atoms with E-state index in [0.717, 1.165) is 43.7 Å². The number of amides is 1. The van der Waals surface area contributed by atoms with Gasteiger partial charge in [-0.25, -0.2) is 4.39 Å². The third-order valence-corrected chi connectivity index (χ3v) is 7.81. The Kier molecular flexibility index (Phi) is 6.57. The molecule has 3 aromatic carbocycles. The van der Waals surface area contributed by atoms with Crippen LogP contribution < -0.4 is 4.90 Å². The first kappa shape index (κ1) is 24.5. The summed E-state index contributed by atoms with van der Waals surface area (Å²) in [4.78, 5) is 18.0. The number of hydrogen-bond acceptors (Lipinski definition) is 2. The molecule has 1 saturated heterocycles. The van der Waals surface area contributed by atoms with Crippen LogP contribution >= 0.6 is 0 Å². The van der Waals surface area contributed by atoms with Crippen LogP contribution in [0.4, 0.5) is 10.1 Å². The normalized spacial score (nSPS) is 17.6. The summed E-state index contributed by atoms with van der Waals surface area (Å²) in [6, 6.07) is 23.2. The van der Waals surface area contributed by atoms with E-state index in [4.69, 9.17) is 0 Å². The Hall–Kier alpha value is -3.24. The van der Waals surface area contributed by atoms with Crippen molar-refractivity contribution in [3.8, 4) is 0 Å². The van der Waals surface area contributed by atoms with E-state index in [1.54, 1.807) is 12.1 Å². The highest BCUT2D eigenvalue weighted by Gasteiger charge is 2.46. The van der Waals surface area contributed by atoms with Crippen LogP contribution in [0, 0.1) is 5.82 Å². The fourth-order valence-corrected chi connectivity index (χ4v) is 5.58. The average Bonchev–Trinajstić information content (AvgIpc) is 3.18. The largest absolute Gasteiger partial charge is 0.307 e. The van der Waals surface area contributed by atoms with E-state index < -0.39 is 0 Å². The zero-order chi connectivity index (χ0) is 25.3. The number of hydrogen-bond donors (Lipinski definition) is 0. The summed E-state index contributed by atoms with van der Waals surface area (Å²) in [5.74, 6) is -0.237. The van der Waals surface area contributed by atoms with Gasteiger partial charge in [0.25, 0.3) is 5.91 Å². The van der Waals surface area contributed by atoms with Crippen LogP contribution in [-0.4, -0.2) is 37.0 Å². The van der Waals surface area contributed by atoms with Crippen LogP contribution in [-0.2, 0) is 10.8 Å². The van der Waals surface area contributed by atoms with Crippen molar-refractivity contribution in [2.45, 2.75) is 44.4 Å². The molecule has 2 aliphatic rings. The van der Waals surface area contributed by atoms with Gasteiger partial charge in [-0.3, -0.25) is 9.69 Å². The molecule has 0 N–H and O–H groups in total. The molecular formula is C32H35FN2O. The second-order valence-electron chi connectivity index (χ2n) is 11.3. The minimum atomic E-state index is -0.231. The van der Waals surface area contributed by atoms with Crippen molar-refractivity contribution in [3.63, 3.8) is 0 Å². The van der Waals surface area contributed by atoms with Crippen molar-refractivity contribution in [2.75, 3.05) is 31.1 Å². The van der Waals surface area contributed by atoms with Gasteiger partial charge in [-0.05, 0) is 78.4 Å². The summed E-state index contributed by atoms with van der Waals surface area (Å²) in [6.07, 6.45) is 6.20. The summed E-state index contributed by atoms with van der Waals surface area (Å²) in [6.45, 7) is 9.87. The van der Waals surface area contributed by atoms with Gasteiger partial charge in [-0.2, -0.15) is 0 Å². The third kappa shape index (κ3) is 4.87. The topological polar surface area (TPSA) is 23.6 Å². The molecule has 36 heavy (non-hydrogen) atoms. The Morgan fingerprint density at radius 3 is 2.33 bits per heavy atom. The lowest BCUT2D eigenvalue weighted by atomic mass is 9.74. The molecule has 1 amide bonds. The molecule has 0 radical (unpaired) electrons. The van der Waals surface area contributed by atoms with Crippen LogP contribution in [0.25, 0.3) is 6.08 Å². The maximum Gasteiger partial charge on any atom is 0.258 e. The summed E-state index contributed by atoms with van der Waals surface area (Å²) in [5, 5.41) is 0. The second kappa shape index (κ2) is 9.67. The maximum absolute atomic E-state index is 14.4. The molecule has 0 aliphatic carbocycles. The van der Waals surface area contributed by atoms with Crippen molar-refractivity contribution >= 4 is 17.7 Å². The molecule has 4 heteroatoms. The van der Waals surface area contributed by atoms with Crippen molar-refractivity contribution in [3.05, 3.63) is 107 Å². The van der Waals surface area contributed by atoms with Gasteiger partial charge in [0, 0.05) is 29.8 Å². The van der Waals surface area contributed by atoms with E-state index in [1.165, 1.54) is 17.2 Å². The quantitative estimate of drug-likeness (QED) is 0.407. The highest BCUT2D eigenvalue weighted by molar-refractivity contribution is 6.07. The standard InChI is InChI=1S/C32H35FN2O/c1-31(2,3)26-13-11-25(12-14-26)30(36)35-23-32(28-22-27(33)15-16-29(28)35)17-20-34(21-18-32)19-7-10-24-8-5-4-6-9-24/h4-16,22H,17-21,23H2,1-3H3. The van der Waals surface area contributed by atoms with Crippen LogP contribution in [0.2, 0.25) is 0 Å². The lowest BCUT2D eigenvalue weighted by Crippen LogP contribution is -2.46. The van der Waals surface area contributed by atoms with Gasteiger partial charge < -0.3 is 4.90 Å². The highest BCUT2D eigenvalue weighted by atomic mass is 19.1. The number of halogens is 1. The summed E-state index contributed by atoms with van der Waals surface area (Å²) in [5.41, 5.74) is 4.77. The second-order valence-corrected chi connectivity index (χ2v) is 11.3. The molecule has 1 spiro atoms. The van der Waals surface area contributed by atoms with Crippen molar-refractivity contribution in [2.24, 2.45) is 0 Å². The van der Waals surface area contributed by atoms with E-state index in [2.05, 4.69) is 50.0 Å². The number of likely N-dealkylation sites (tertiary alicyclic amines) is 1. The van der Waals surface area contributed by atoms with Crippen molar-refractivity contribution in [1.29, 1.82) is 0 Å². The molecule has 3 nitrogen and oxygen atoms in total. The number of carbonyl (C=O) groups excluding carboxylic acids is 1. The Bertz CT molecular complexity index is 1250. The summed E-state index contributed by atoms with van der Waals surface area (Å²) >= 11 is 0. The molecule has 0 bridgehead atoms. The zero-order valence-corrected chi connectivity index (χ0v) is 21.5. The number of piperidine rings is 1. The monoisotopic (exact) mass is 482 g/mol. The lowest BCUT2D eigenvalue weighted by molar-refractivity contribution is 0.0977. The van der Waals surface area contributed by atoms with E-state index in [1.807, 2.05) is 47.4 Å². The predicted octanol–water partition coefficient (Wildman–Crippen LogP) is 6.83. The molecule has 5 rings (SSSR count). The Morgan fingerprint density at radius 2 is 1.67 bits per heavy atom. The Labute approximate surface area is 214 Å². The number of carbonyl (C=O) groups is 1. The summed E-state index contributed by atoms with van der Waals surface area (Å²) < 4.78 is 14.4. The van der Waals surface area contributed by atoms with Gasteiger partial charge in [0.15, 0.2) is 0 Å². The summed E-state index contributed by atoms with van der Waals surface area (Å²) in [7, 11) is 0. The van der Waals surface area contributed by atoms with Crippen LogP contribution in [0.15, 0.2) is 78.9 Å². The molecule has 0 aromatic heterocycles. The van der Waals surface area contributed by atoms with Crippen LogP contribution in [0.3, 0.4) is 0 Å². The predicted molar refractivity (Wildman–Crippen MR) is 146 cm³/mol. The zero-order valence-electron chi connectivity index (χ0n) is 21.5.